The zero-order valence-corrected chi connectivity index (χ0v) is 19.1. The number of carbonyl (C=O) groups is 1. The maximum Gasteiger partial charge on any atom is 0.225 e. The third-order valence-electron chi connectivity index (χ3n) is 4.94. The highest BCUT2D eigenvalue weighted by Crippen LogP contribution is 2.32. The summed E-state index contributed by atoms with van der Waals surface area (Å²) in [5, 5.41) is 3.76. The van der Waals surface area contributed by atoms with Crippen molar-refractivity contribution in [3.8, 4) is 22.5 Å². The zero-order valence-electron chi connectivity index (χ0n) is 18.3. The lowest BCUT2D eigenvalue weighted by atomic mass is 10.1. The van der Waals surface area contributed by atoms with Crippen LogP contribution in [-0.2, 0) is 4.79 Å². The third kappa shape index (κ3) is 5.65. The average molecular weight is 443 g/mol. The largest absolute Gasteiger partial charge is 0.332 e. The van der Waals surface area contributed by atoms with Crippen molar-refractivity contribution in [3.05, 3.63) is 84.1 Å². The molecule has 5 nitrogen and oxygen atoms in total. The van der Waals surface area contributed by atoms with E-state index in [0.717, 1.165) is 51.1 Å². The molecule has 32 heavy (non-hydrogen) atoms. The van der Waals surface area contributed by atoms with Gasteiger partial charge in [-0.05, 0) is 38.0 Å². The minimum atomic E-state index is -0.0162. The first-order valence-corrected chi connectivity index (χ1v) is 11.7. The summed E-state index contributed by atoms with van der Waals surface area (Å²) < 4.78 is 0. The van der Waals surface area contributed by atoms with Gasteiger partial charge in [0, 0.05) is 29.0 Å². The Bertz CT molecular complexity index is 1110. The molecule has 0 aliphatic heterocycles. The van der Waals surface area contributed by atoms with Gasteiger partial charge in [0.15, 0.2) is 5.16 Å². The van der Waals surface area contributed by atoms with Crippen molar-refractivity contribution in [3.63, 3.8) is 0 Å². The standard InChI is InChI=1S/C26H26N4OS/c1-18-16-19(2)27-22(17-18)28-23(31)14-9-15-32-26-29-24(20-10-5-3-6-11-20)25(30-26)21-12-7-4-8-13-21/h3-8,10-13,16-17H,9,14-15H2,1-2H3,(H,29,30)(H,27,28,31). The summed E-state index contributed by atoms with van der Waals surface area (Å²) in [4.78, 5) is 25.0. The number of imidazole rings is 1. The SMILES string of the molecule is Cc1cc(C)nc(NC(=O)CCCSc2nc(-c3ccccc3)c(-c3ccccc3)[nH]2)c1. The van der Waals surface area contributed by atoms with E-state index in [1.54, 1.807) is 11.8 Å². The number of thioether (sulfide) groups is 1. The number of aryl methyl sites for hydroxylation is 2. The van der Waals surface area contributed by atoms with Crippen LogP contribution in [0.15, 0.2) is 78.0 Å². The number of H-pyrrole nitrogens is 1. The molecule has 0 spiro atoms. The maximum atomic E-state index is 12.3. The van der Waals surface area contributed by atoms with Crippen LogP contribution in [0.4, 0.5) is 5.82 Å². The highest BCUT2D eigenvalue weighted by Gasteiger charge is 2.14. The summed E-state index contributed by atoms with van der Waals surface area (Å²) in [6.07, 6.45) is 1.20. The number of carbonyl (C=O) groups excluding carboxylic acids is 1. The molecule has 0 aliphatic carbocycles. The number of benzene rings is 2. The van der Waals surface area contributed by atoms with E-state index in [0.29, 0.717) is 12.2 Å². The van der Waals surface area contributed by atoms with Crippen LogP contribution >= 0.6 is 11.8 Å². The number of pyridine rings is 1. The number of anilines is 1. The molecule has 0 fully saturated rings. The van der Waals surface area contributed by atoms with Gasteiger partial charge in [0.2, 0.25) is 5.91 Å². The molecule has 2 aromatic carbocycles. The van der Waals surface area contributed by atoms with Crippen LogP contribution in [0.1, 0.15) is 24.1 Å². The maximum absolute atomic E-state index is 12.3. The number of hydrogen-bond donors (Lipinski definition) is 2. The van der Waals surface area contributed by atoms with E-state index in [2.05, 4.69) is 39.6 Å². The van der Waals surface area contributed by atoms with Crippen molar-refractivity contribution in [2.45, 2.75) is 31.8 Å². The average Bonchev–Trinajstić information content (AvgIpc) is 3.21. The van der Waals surface area contributed by atoms with Gasteiger partial charge in [-0.1, -0.05) is 72.4 Å². The molecule has 162 valence electrons. The molecule has 2 heterocycles. The fraction of sp³-hybridized carbons (Fsp3) is 0.192. The summed E-state index contributed by atoms with van der Waals surface area (Å²) in [6.45, 7) is 3.92. The lowest BCUT2D eigenvalue weighted by Crippen LogP contribution is -2.13. The van der Waals surface area contributed by atoms with Crippen molar-refractivity contribution in [1.82, 2.24) is 15.0 Å². The number of nitrogens with one attached hydrogen (secondary N) is 2. The zero-order chi connectivity index (χ0) is 22.3. The third-order valence-corrected chi connectivity index (χ3v) is 5.90. The number of aromatic nitrogens is 3. The van der Waals surface area contributed by atoms with Gasteiger partial charge < -0.3 is 10.3 Å². The molecule has 0 saturated heterocycles. The van der Waals surface area contributed by atoms with E-state index in [1.807, 2.05) is 62.4 Å². The highest BCUT2D eigenvalue weighted by atomic mass is 32.2. The lowest BCUT2D eigenvalue weighted by molar-refractivity contribution is -0.116. The Hall–Kier alpha value is -3.38. The summed E-state index contributed by atoms with van der Waals surface area (Å²) in [5.74, 6) is 1.40. The van der Waals surface area contributed by atoms with E-state index in [1.165, 1.54) is 0 Å². The molecular weight excluding hydrogens is 416 g/mol. The number of rotatable bonds is 8. The number of hydrogen-bond acceptors (Lipinski definition) is 4. The van der Waals surface area contributed by atoms with Crippen molar-refractivity contribution < 1.29 is 4.79 Å². The minimum absolute atomic E-state index is 0.0162. The predicted molar refractivity (Wildman–Crippen MR) is 132 cm³/mol. The van der Waals surface area contributed by atoms with Gasteiger partial charge >= 0.3 is 0 Å². The first-order valence-electron chi connectivity index (χ1n) is 10.7. The Kier molecular flexibility index (Phi) is 7.02. The topological polar surface area (TPSA) is 70.7 Å². The second kappa shape index (κ2) is 10.3. The van der Waals surface area contributed by atoms with Gasteiger partial charge in [0.1, 0.15) is 5.82 Å². The predicted octanol–water partition coefficient (Wildman–Crippen LogP) is 6.27. The molecule has 4 aromatic rings. The molecule has 1 amide bonds. The summed E-state index contributed by atoms with van der Waals surface area (Å²) >= 11 is 1.64. The molecule has 2 aromatic heterocycles. The van der Waals surface area contributed by atoms with E-state index < -0.39 is 0 Å². The fourth-order valence-electron chi connectivity index (χ4n) is 3.55. The molecule has 6 heteroatoms. The van der Waals surface area contributed by atoms with Crippen LogP contribution in [0.2, 0.25) is 0 Å². The van der Waals surface area contributed by atoms with Crippen molar-refractivity contribution in [1.29, 1.82) is 0 Å². The molecule has 2 N–H and O–H groups in total. The second-order valence-corrected chi connectivity index (χ2v) is 8.75. The molecular formula is C26H26N4OS. The van der Waals surface area contributed by atoms with Gasteiger partial charge in [-0.25, -0.2) is 9.97 Å². The van der Waals surface area contributed by atoms with Gasteiger partial charge in [0.05, 0.1) is 11.4 Å². The summed E-state index contributed by atoms with van der Waals surface area (Å²) in [5.41, 5.74) is 6.12. The van der Waals surface area contributed by atoms with Crippen molar-refractivity contribution >= 4 is 23.5 Å². The number of aromatic amines is 1. The smallest absolute Gasteiger partial charge is 0.225 e. The van der Waals surface area contributed by atoms with Gasteiger partial charge in [-0.2, -0.15) is 0 Å². The Balaban J connectivity index is 1.38. The Morgan fingerprint density at radius 1 is 0.938 bits per heavy atom. The van der Waals surface area contributed by atoms with E-state index in [-0.39, 0.29) is 5.91 Å². The molecule has 0 atom stereocenters. The first kappa shape index (κ1) is 21.8. The fourth-order valence-corrected chi connectivity index (χ4v) is 4.36. The van der Waals surface area contributed by atoms with Gasteiger partial charge in [-0.3, -0.25) is 4.79 Å². The Morgan fingerprint density at radius 2 is 1.62 bits per heavy atom. The summed E-state index contributed by atoms with van der Waals surface area (Å²) in [7, 11) is 0. The summed E-state index contributed by atoms with van der Waals surface area (Å²) in [6, 6.07) is 24.3. The van der Waals surface area contributed by atoms with Crippen LogP contribution in [0.3, 0.4) is 0 Å². The van der Waals surface area contributed by atoms with Crippen LogP contribution < -0.4 is 5.32 Å². The van der Waals surface area contributed by atoms with Crippen molar-refractivity contribution in [2.75, 3.05) is 11.1 Å². The normalized spacial score (nSPS) is 10.8. The first-order chi connectivity index (χ1) is 15.6. The monoisotopic (exact) mass is 442 g/mol. The number of amides is 1. The molecule has 0 radical (unpaired) electrons. The Labute approximate surface area is 192 Å². The van der Waals surface area contributed by atoms with E-state index >= 15 is 0 Å². The van der Waals surface area contributed by atoms with Crippen molar-refractivity contribution in [2.24, 2.45) is 0 Å². The van der Waals surface area contributed by atoms with Crippen LogP contribution in [-0.4, -0.2) is 26.6 Å². The second-order valence-electron chi connectivity index (χ2n) is 7.67. The number of nitrogens with zero attached hydrogens (tertiary/aromatic N) is 2. The van der Waals surface area contributed by atoms with E-state index in [9.17, 15) is 4.79 Å². The molecule has 0 bridgehead atoms. The minimum Gasteiger partial charge on any atom is -0.332 e. The molecule has 0 saturated carbocycles. The van der Waals surface area contributed by atoms with Gasteiger partial charge in [0.25, 0.3) is 0 Å². The molecule has 4 rings (SSSR count). The lowest BCUT2D eigenvalue weighted by Gasteiger charge is -2.06. The molecule has 0 unspecified atom stereocenters. The van der Waals surface area contributed by atoms with E-state index in [4.69, 9.17) is 4.98 Å². The van der Waals surface area contributed by atoms with Gasteiger partial charge in [-0.15, -0.1) is 0 Å². The quantitative estimate of drug-likeness (QED) is 0.249. The van der Waals surface area contributed by atoms with Crippen LogP contribution in [0.5, 0.6) is 0 Å². The van der Waals surface area contributed by atoms with Crippen LogP contribution in [0.25, 0.3) is 22.5 Å². The van der Waals surface area contributed by atoms with Crippen LogP contribution in [0, 0.1) is 13.8 Å². The highest BCUT2D eigenvalue weighted by molar-refractivity contribution is 7.99. The Morgan fingerprint density at radius 3 is 2.31 bits per heavy atom. The molecule has 0 aliphatic rings.